The van der Waals surface area contributed by atoms with Crippen LogP contribution >= 0.6 is 22.6 Å². The van der Waals surface area contributed by atoms with Crippen LogP contribution in [0.4, 0.5) is 0 Å². The molecule has 0 aliphatic heterocycles. The van der Waals surface area contributed by atoms with Gasteiger partial charge in [0.05, 0.1) is 23.5 Å². The van der Waals surface area contributed by atoms with Gasteiger partial charge in [-0.2, -0.15) is 10.4 Å². The van der Waals surface area contributed by atoms with Crippen LogP contribution in [0.2, 0.25) is 0 Å². The molecule has 0 radical (unpaired) electrons. The van der Waals surface area contributed by atoms with Crippen LogP contribution in [0.5, 0.6) is 11.5 Å². The van der Waals surface area contributed by atoms with Crippen molar-refractivity contribution in [3.63, 3.8) is 0 Å². The number of aryl methyl sites for hydroxylation is 2. The Kier molecular flexibility index (Phi) is 5.62. The Hall–Kier alpha value is -2.34. The lowest BCUT2D eigenvalue weighted by atomic mass is 10.1. The van der Waals surface area contributed by atoms with Gasteiger partial charge in [0.25, 0.3) is 5.91 Å². The van der Waals surface area contributed by atoms with Crippen LogP contribution in [0.3, 0.4) is 0 Å². The smallest absolute Gasteiger partial charge is 0.289 e. The van der Waals surface area contributed by atoms with Crippen molar-refractivity contribution < 1.29 is 14.3 Å². The molecule has 0 unspecified atom stereocenters. The molecule has 2 rings (SSSR count). The van der Waals surface area contributed by atoms with Crippen LogP contribution in [0.1, 0.15) is 21.7 Å². The lowest BCUT2D eigenvalue weighted by Crippen LogP contribution is -2.15. The van der Waals surface area contributed by atoms with Crippen LogP contribution in [0.15, 0.2) is 23.8 Å². The molecule has 124 valence electrons. The van der Waals surface area contributed by atoms with Crippen molar-refractivity contribution in [3.8, 4) is 17.6 Å². The number of hydrogen-bond donors (Lipinski definition) is 0. The van der Waals surface area contributed by atoms with E-state index in [1.54, 1.807) is 33.1 Å². The zero-order chi connectivity index (χ0) is 17.9. The third-order valence-electron chi connectivity index (χ3n) is 3.32. The number of nitrogens with zero attached hydrogens (tertiary/aromatic N) is 3. The minimum Gasteiger partial charge on any atom is -0.493 e. The number of aromatic nitrogens is 2. The highest BCUT2D eigenvalue weighted by atomic mass is 127. The molecule has 1 aromatic carbocycles. The molecule has 2 aromatic rings. The molecule has 0 saturated heterocycles. The van der Waals surface area contributed by atoms with E-state index in [1.807, 2.05) is 12.1 Å². The maximum Gasteiger partial charge on any atom is 0.289 e. The number of benzene rings is 1. The summed E-state index contributed by atoms with van der Waals surface area (Å²) in [4.78, 5) is 12.5. The molecule has 0 bridgehead atoms. The van der Waals surface area contributed by atoms with E-state index in [1.165, 1.54) is 17.9 Å². The number of halogens is 1. The van der Waals surface area contributed by atoms with Gasteiger partial charge < -0.3 is 9.47 Å². The Morgan fingerprint density at radius 1 is 1.29 bits per heavy atom. The van der Waals surface area contributed by atoms with Crippen molar-refractivity contribution in [1.82, 2.24) is 9.78 Å². The van der Waals surface area contributed by atoms with Crippen molar-refractivity contribution in [2.45, 2.75) is 13.8 Å². The molecule has 0 amide bonds. The van der Waals surface area contributed by atoms with E-state index in [0.29, 0.717) is 22.8 Å². The lowest BCUT2D eigenvalue weighted by Gasteiger charge is -2.10. The number of methoxy groups -OCH3 is 2. The first-order chi connectivity index (χ1) is 11.4. The van der Waals surface area contributed by atoms with Crippen LogP contribution in [-0.4, -0.2) is 29.9 Å². The lowest BCUT2D eigenvalue weighted by molar-refractivity contribution is 0.0943. The Bertz CT molecular complexity index is 863. The van der Waals surface area contributed by atoms with Gasteiger partial charge in [0.15, 0.2) is 11.5 Å². The van der Waals surface area contributed by atoms with Crippen LogP contribution < -0.4 is 9.47 Å². The zero-order valence-electron chi connectivity index (χ0n) is 13.8. The van der Waals surface area contributed by atoms with Gasteiger partial charge in [0.1, 0.15) is 11.6 Å². The summed E-state index contributed by atoms with van der Waals surface area (Å²) in [6, 6.07) is 7.26. The van der Waals surface area contributed by atoms with Gasteiger partial charge >= 0.3 is 0 Å². The number of carbonyl (C=O) groups is 1. The van der Waals surface area contributed by atoms with E-state index < -0.39 is 5.91 Å². The maximum atomic E-state index is 12.5. The summed E-state index contributed by atoms with van der Waals surface area (Å²) < 4.78 is 12.6. The third kappa shape index (κ3) is 3.59. The minimum atomic E-state index is -0.465. The van der Waals surface area contributed by atoms with Crippen LogP contribution in [0, 0.1) is 28.7 Å². The number of rotatable bonds is 4. The fourth-order valence-electron chi connectivity index (χ4n) is 2.28. The molecule has 7 heteroatoms. The number of nitriles is 1. The monoisotopic (exact) mass is 437 g/mol. The van der Waals surface area contributed by atoms with Gasteiger partial charge in [-0.1, -0.05) is 0 Å². The Labute approximate surface area is 153 Å². The van der Waals surface area contributed by atoms with Gasteiger partial charge in [-0.3, -0.25) is 4.79 Å². The van der Waals surface area contributed by atoms with Gasteiger partial charge in [-0.15, -0.1) is 0 Å². The molecule has 0 fully saturated rings. The molecule has 0 spiro atoms. The molecular weight excluding hydrogens is 421 g/mol. The molecule has 24 heavy (non-hydrogen) atoms. The number of carbonyl (C=O) groups excluding carboxylic acids is 1. The fraction of sp³-hybridized carbons (Fsp3) is 0.235. The van der Waals surface area contributed by atoms with Gasteiger partial charge in [0, 0.05) is 5.69 Å². The molecule has 6 nitrogen and oxygen atoms in total. The molecule has 1 aromatic heterocycles. The second-order valence-electron chi connectivity index (χ2n) is 5.05. The predicted octanol–water partition coefficient (Wildman–Crippen LogP) is 3.37. The largest absolute Gasteiger partial charge is 0.493 e. The number of ether oxygens (including phenoxy) is 2. The first-order valence-electron chi connectivity index (χ1n) is 7.02. The van der Waals surface area contributed by atoms with Gasteiger partial charge in [0.2, 0.25) is 0 Å². The summed E-state index contributed by atoms with van der Waals surface area (Å²) in [5.41, 5.74) is 2.06. The zero-order valence-corrected chi connectivity index (χ0v) is 15.9. The number of allylic oxidation sites excluding steroid dienone is 1. The van der Waals surface area contributed by atoms with E-state index >= 15 is 0 Å². The second-order valence-corrected chi connectivity index (χ2v) is 6.21. The van der Waals surface area contributed by atoms with E-state index in [4.69, 9.17) is 9.47 Å². The highest BCUT2D eigenvalue weighted by Gasteiger charge is 2.17. The summed E-state index contributed by atoms with van der Waals surface area (Å²) in [5, 5.41) is 13.5. The highest BCUT2D eigenvalue weighted by Crippen LogP contribution is 2.34. The predicted molar refractivity (Wildman–Crippen MR) is 98.2 cm³/mol. The summed E-state index contributed by atoms with van der Waals surface area (Å²) in [5.74, 6) is 0.679. The van der Waals surface area contributed by atoms with E-state index in [0.717, 1.165) is 9.26 Å². The quantitative estimate of drug-likeness (QED) is 0.417. The molecule has 0 aliphatic carbocycles. The standard InChI is InChI=1S/C17H16IN3O3/c1-10-5-11(2)21(20-10)17(22)13(9-19)6-12-7-14(18)16(24-4)15(8-12)23-3/h5-8H,1-4H3/b13-6+. The molecule has 0 aliphatic rings. The topological polar surface area (TPSA) is 77.1 Å². The summed E-state index contributed by atoms with van der Waals surface area (Å²) in [6.45, 7) is 3.56. The third-order valence-corrected chi connectivity index (χ3v) is 4.12. The maximum absolute atomic E-state index is 12.5. The van der Waals surface area contributed by atoms with Crippen molar-refractivity contribution >= 4 is 34.6 Å². The van der Waals surface area contributed by atoms with Crippen molar-refractivity contribution in [2.75, 3.05) is 14.2 Å². The molecular formula is C17H16IN3O3. The Morgan fingerprint density at radius 2 is 2.00 bits per heavy atom. The average Bonchev–Trinajstić information content (AvgIpc) is 2.89. The van der Waals surface area contributed by atoms with Crippen molar-refractivity contribution in [1.29, 1.82) is 5.26 Å². The van der Waals surface area contributed by atoms with Gasteiger partial charge in [-0.05, 0) is 66.3 Å². The van der Waals surface area contributed by atoms with Gasteiger partial charge in [-0.25, -0.2) is 4.68 Å². The molecule has 1 heterocycles. The summed E-state index contributed by atoms with van der Waals surface area (Å²) in [7, 11) is 3.09. The molecule has 0 saturated carbocycles. The Balaban J connectivity index is 2.48. The van der Waals surface area contributed by atoms with E-state index in [9.17, 15) is 10.1 Å². The SMILES string of the molecule is COc1cc(/C=C(\C#N)C(=O)n2nc(C)cc2C)cc(I)c1OC. The number of hydrogen-bond acceptors (Lipinski definition) is 5. The second kappa shape index (κ2) is 7.49. The fourth-order valence-corrected chi connectivity index (χ4v) is 3.12. The minimum absolute atomic E-state index is 0.00998. The average molecular weight is 437 g/mol. The van der Waals surface area contributed by atoms with Crippen molar-refractivity contribution in [2.24, 2.45) is 0 Å². The highest BCUT2D eigenvalue weighted by molar-refractivity contribution is 14.1. The molecule has 0 atom stereocenters. The van der Waals surface area contributed by atoms with E-state index in [-0.39, 0.29) is 5.57 Å². The first kappa shape index (κ1) is 18.0. The van der Waals surface area contributed by atoms with E-state index in [2.05, 4.69) is 27.7 Å². The van der Waals surface area contributed by atoms with Crippen molar-refractivity contribution in [3.05, 3.63) is 44.3 Å². The van der Waals surface area contributed by atoms with Crippen LogP contribution in [0.25, 0.3) is 6.08 Å². The summed E-state index contributed by atoms with van der Waals surface area (Å²) >= 11 is 2.11. The first-order valence-corrected chi connectivity index (χ1v) is 8.10. The molecule has 0 N–H and O–H groups in total. The van der Waals surface area contributed by atoms with Crippen LogP contribution in [-0.2, 0) is 0 Å². The Morgan fingerprint density at radius 3 is 2.50 bits per heavy atom. The normalized spacial score (nSPS) is 11.1. The summed E-state index contributed by atoms with van der Waals surface area (Å²) in [6.07, 6.45) is 1.52.